The number of urea groups is 1. The smallest absolute Gasteiger partial charge is 0.319 e. The first-order valence-electron chi connectivity index (χ1n) is 7.49. The Balaban J connectivity index is 1.51. The largest absolute Gasteiger partial charge is 0.339 e. The second kappa shape index (κ2) is 4.91. The van der Waals surface area contributed by atoms with Crippen molar-refractivity contribution in [3.05, 3.63) is 0 Å². The SMILES string of the molecule is CN(C)C(=O)N1CCN(C(=O)C2CC23CCNC3)CC1. The second-order valence-corrected chi connectivity index (χ2v) is 6.54. The number of amides is 3. The van der Waals surface area contributed by atoms with Gasteiger partial charge in [-0.25, -0.2) is 4.79 Å². The van der Waals surface area contributed by atoms with Crippen molar-refractivity contribution >= 4 is 11.9 Å². The first kappa shape index (κ1) is 13.7. The molecule has 112 valence electrons. The van der Waals surface area contributed by atoms with Crippen molar-refractivity contribution in [1.29, 1.82) is 0 Å². The number of nitrogens with one attached hydrogen (secondary N) is 1. The van der Waals surface area contributed by atoms with Gasteiger partial charge in [0, 0.05) is 52.7 Å². The van der Waals surface area contributed by atoms with E-state index in [-0.39, 0.29) is 17.4 Å². The maximum atomic E-state index is 12.5. The average Bonchev–Trinajstić information content (AvgIpc) is 2.94. The van der Waals surface area contributed by atoms with Gasteiger partial charge in [0.15, 0.2) is 0 Å². The lowest BCUT2D eigenvalue weighted by atomic mass is 10.0. The Hall–Kier alpha value is -1.30. The van der Waals surface area contributed by atoms with Crippen LogP contribution in [0.3, 0.4) is 0 Å². The number of carbonyl (C=O) groups is 2. The molecule has 1 N–H and O–H groups in total. The quantitative estimate of drug-likeness (QED) is 0.724. The Morgan fingerprint density at radius 2 is 1.80 bits per heavy atom. The monoisotopic (exact) mass is 280 g/mol. The highest BCUT2D eigenvalue weighted by molar-refractivity contribution is 5.83. The molecule has 6 nitrogen and oxygen atoms in total. The zero-order valence-electron chi connectivity index (χ0n) is 12.4. The van der Waals surface area contributed by atoms with Crippen molar-refractivity contribution in [1.82, 2.24) is 20.0 Å². The third-order valence-electron chi connectivity index (χ3n) is 5.01. The summed E-state index contributed by atoms with van der Waals surface area (Å²) < 4.78 is 0. The molecule has 2 atom stereocenters. The number of rotatable bonds is 1. The van der Waals surface area contributed by atoms with Gasteiger partial charge in [-0.2, -0.15) is 0 Å². The van der Waals surface area contributed by atoms with Crippen molar-refractivity contribution < 1.29 is 9.59 Å². The van der Waals surface area contributed by atoms with E-state index in [2.05, 4.69) is 5.32 Å². The molecule has 2 saturated heterocycles. The fraction of sp³-hybridized carbons (Fsp3) is 0.857. The van der Waals surface area contributed by atoms with Crippen LogP contribution in [0.5, 0.6) is 0 Å². The van der Waals surface area contributed by atoms with E-state index in [0.717, 1.165) is 25.9 Å². The molecule has 1 aliphatic carbocycles. The fourth-order valence-corrected chi connectivity index (χ4v) is 3.55. The topological polar surface area (TPSA) is 55.9 Å². The normalized spacial score (nSPS) is 32.6. The Labute approximate surface area is 120 Å². The zero-order valence-corrected chi connectivity index (χ0v) is 12.4. The molecule has 1 spiro atoms. The van der Waals surface area contributed by atoms with Crippen molar-refractivity contribution in [3.8, 4) is 0 Å². The standard InChI is InChI=1S/C14H24N4O2/c1-16(2)13(20)18-7-5-17(6-8-18)12(19)11-9-14(11)3-4-15-10-14/h11,15H,3-10H2,1-2H3. The Bertz CT molecular complexity index is 409. The second-order valence-electron chi connectivity index (χ2n) is 6.54. The van der Waals surface area contributed by atoms with E-state index in [1.54, 1.807) is 19.0 Å². The lowest BCUT2D eigenvalue weighted by molar-refractivity contribution is -0.134. The van der Waals surface area contributed by atoms with Crippen LogP contribution in [0.25, 0.3) is 0 Å². The van der Waals surface area contributed by atoms with Crippen LogP contribution in [0.15, 0.2) is 0 Å². The Morgan fingerprint density at radius 1 is 1.15 bits per heavy atom. The average molecular weight is 280 g/mol. The number of hydrogen-bond donors (Lipinski definition) is 1. The highest BCUT2D eigenvalue weighted by atomic mass is 16.2. The molecule has 3 aliphatic rings. The van der Waals surface area contributed by atoms with Gasteiger partial charge in [-0.05, 0) is 24.8 Å². The molecular weight excluding hydrogens is 256 g/mol. The predicted octanol–water partition coefficient (Wildman–Crippen LogP) is -0.188. The summed E-state index contributed by atoms with van der Waals surface area (Å²) in [4.78, 5) is 29.8. The predicted molar refractivity (Wildman–Crippen MR) is 75.3 cm³/mol. The van der Waals surface area contributed by atoms with E-state index in [1.165, 1.54) is 0 Å². The number of hydrogen-bond acceptors (Lipinski definition) is 3. The summed E-state index contributed by atoms with van der Waals surface area (Å²) in [5, 5.41) is 3.37. The molecule has 1 saturated carbocycles. The molecule has 6 heteroatoms. The van der Waals surface area contributed by atoms with Crippen LogP contribution in [-0.2, 0) is 4.79 Å². The van der Waals surface area contributed by atoms with Gasteiger partial charge >= 0.3 is 6.03 Å². The molecule has 2 heterocycles. The molecule has 3 rings (SSSR count). The van der Waals surface area contributed by atoms with Gasteiger partial charge in [-0.1, -0.05) is 0 Å². The van der Waals surface area contributed by atoms with E-state index in [4.69, 9.17) is 0 Å². The zero-order chi connectivity index (χ0) is 14.3. The summed E-state index contributed by atoms with van der Waals surface area (Å²) in [5.74, 6) is 0.541. The molecule has 0 aromatic heterocycles. The molecule has 0 bridgehead atoms. The third-order valence-corrected chi connectivity index (χ3v) is 5.01. The van der Waals surface area contributed by atoms with Crippen LogP contribution in [0.1, 0.15) is 12.8 Å². The minimum Gasteiger partial charge on any atom is -0.339 e. The van der Waals surface area contributed by atoms with Gasteiger partial charge in [-0.15, -0.1) is 0 Å². The van der Waals surface area contributed by atoms with E-state index in [9.17, 15) is 9.59 Å². The lowest BCUT2D eigenvalue weighted by Gasteiger charge is -2.36. The fourth-order valence-electron chi connectivity index (χ4n) is 3.55. The summed E-state index contributed by atoms with van der Waals surface area (Å²) in [6.45, 7) is 4.72. The van der Waals surface area contributed by atoms with Crippen LogP contribution in [0, 0.1) is 11.3 Å². The van der Waals surface area contributed by atoms with Crippen molar-refractivity contribution in [2.75, 3.05) is 53.4 Å². The van der Waals surface area contributed by atoms with Gasteiger partial charge in [0.2, 0.25) is 5.91 Å². The molecule has 0 radical (unpaired) electrons. The Morgan fingerprint density at radius 3 is 2.35 bits per heavy atom. The van der Waals surface area contributed by atoms with Gasteiger partial charge in [0.25, 0.3) is 0 Å². The molecular formula is C14H24N4O2. The number of nitrogens with zero attached hydrogens (tertiary/aromatic N) is 3. The van der Waals surface area contributed by atoms with Crippen LogP contribution >= 0.6 is 0 Å². The highest BCUT2D eigenvalue weighted by Crippen LogP contribution is 2.57. The van der Waals surface area contributed by atoms with E-state index >= 15 is 0 Å². The minimum absolute atomic E-state index is 0.0417. The van der Waals surface area contributed by atoms with Crippen LogP contribution in [0.2, 0.25) is 0 Å². The summed E-state index contributed by atoms with van der Waals surface area (Å²) in [5.41, 5.74) is 0.272. The van der Waals surface area contributed by atoms with E-state index < -0.39 is 0 Å². The molecule has 0 aromatic carbocycles. The number of piperazine rings is 1. The van der Waals surface area contributed by atoms with Crippen molar-refractivity contribution in [2.24, 2.45) is 11.3 Å². The first-order valence-corrected chi connectivity index (χ1v) is 7.49. The van der Waals surface area contributed by atoms with Crippen molar-refractivity contribution in [3.63, 3.8) is 0 Å². The maximum absolute atomic E-state index is 12.5. The van der Waals surface area contributed by atoms with Gasteiger partial charge in [0.05, 0.1) is 0 Å². The lowest BCUT2D eigenvalue weighted by Crippen LogP contribution is -2.53. The van der Waals surface area contributed by atoms with E-state index in [0.29, 0.717) is 32.1 Å². The number of carbonyl (C=O) groups excluding carboxylic acids is 2. The molecule has 0 aromatic rings. The summed E-state index contributed by atoms with van der Waals surface area (Å²) >= 11 is 0. The summed E-state index contributed by atoms with van der Waals surface area (Å²) in [7, 11) is 3.53. The summed E-state index contributed by atoms with van der Waals surface area (Å²) in [6, 6.07) is 0.0417. The van der Waals surface area contributed by atoms with Gasteiger partial charge in [0.1, 0.15) is 0 Å². The van der Waals surface area contributed by atoms with E-state index in [1.807, 2.05) is 9.80 Å². The molecule has 3 fully saturated rings. The minimum atomic E-state index is 0.0417. The maximum Gasteiger partial charge on any atom is 0.319 e. The van der Waals surface area contributed by atoms with Crippen molar-refractivity contribution in [2.45, 2.75) is 12.8 Å². The van der Waals surface area contributed by atoms with Crippen LogP contribution in [0.4, 0.5) is 4.79 Å². The van der Waals surface area contributed by atoms with Gasteiger partial charge < -0.3 is 20.0 Å². The summed E-state index contributed by atoms with van der Waals surface area (Å²) in [6.07, 6.45) is 2.19. The van der Waals surface area contributed by atoms with Crippen LogP contribution in [-0.4, -0.2) is 80.0 Å². The molecule has 20 heavy (non-hydrogen) atoms. The first-order chi connectivity index (χ1) is 9.53. The van der Waals surface area contributed by atoms with Crippen LogP contribution < -0.4 is 5.32 Å². The molecule has 3 amide bonds. The molecule has 2 unspecified atom stereocenters. The highest BCUT2D eigenvalue weighted by Gasteiger charge is 2.59. The molecule has 2 aliphatic heterocycles. The third kappa shape index (κ3) is 2.26. The van der Waals surface area contributed by atoms with Gasteiger partial charge in [-0.3, -0.25) is 4.79 Å². The Kier molecular flexibility index (Phi) is 3.36.